The van der Waals surface area contributed by atoms with Crippen molar-refractivity contribution in [3.63, 3.8) is 0 Å². The van der Waals surface area contributed by atoms with Gasteiger partial charge in [0.25, 0.3) is 0 Å². The molecule has 1 saturated carbocycles. The molecule has 2 aliphatic rings. The molecule has 1 aromatic heterocycles. The van der Waals surface area contributed by atoms with Crippen LogP contribution in [0.5, 0.6) is 0 Å². The Labute approximate surface area is 404 Å². The minimum absolute atomic E-state index is 0.0289. The van der Waals surface area contributed by atoms with Crippen LogP contribution in [0.2, 0.25) is 0 Å². The number of aromatic nitrogens is 1. The fraction of sp³-hybridized carbons (Fsp3) is 0.242. The zero-order valence-electron chi connectivity index (χ0n) is 40.8. The van der Waals surface area contributed by atoms with E-state index in [0.717, 1.165) is 29.9 Å². The van der Waals surface area contributed by atoms with Gasteiger partial charge in [0.05, 0.1) is 28.1 Å². The second kappa shape index (κ2) is 17.6. The van der Waals surface area contributed by atoms with E-state index in [1.165, 1.54) is 120 Å². The molecule has 338 valence electrons. The summed E-state index contributed by atoms with van der Waals surface area (Å²) >= 11 is 0. The monoisotopic (exact) mass is 885 g/mol. The van der Waals surface area contributed by atoms with Crippen molar-refractivity contribution in [3.05, 3.63) is 205 Å². The maximum atomic E-state index is 2.59. The van der Waals surface area contributed by atoms with E-state index in [0.29, 0.717) is 5.92 Å². The summed E-state index contributed by atoms with van der Waals surface area (Å²) in [4.78, 5) is 2.59. The Morgan fingerprint density at radius 3 is 1.71 bits per heavy atom. The molecule has 11 rings (SSSR count). The molecule has 9 aromatic rings. The summed E-state index contributed by atoms with van der Waals surface area (Å²) in [7, 11) is 0. The van der Waals surface area contributed by atoms with Gasteiger partial charge in [0.1, 0.15) is 0 Å². The van der Waals surface area contributed by atoms with Crippen molar-refractivity contribution in [2.24, 2.45) is 0 Å². The van der Waals surface area contributed by atoms with Gasteiger partial charge in [0.2, 0.25) is 0 Å². The van der Waals surface area contributed by atoms with Crippen LogP contribution in [0.3, 0.4) is 0 Å². The minimum atomic E-state index is -0.0289. The van der Waals surface area contributed by atoms with E-state index in [4.69, 9.17) is 0 Å². The number of nitrogens with zero attached hydrogens (tertiary/aromatic N) is 2. The predicted molar refractivity (Wildman–Crippen MR) is 294 cm³/mol. The molecule has 0 N–H and O–H groups in total. The van der Waals surface area contributed by atoms with E-state index in [1.54, 1.807) is 0 Å². The summed E-state index contributed by atoms with van der Waals surface area (Å²) in [5.41, 5.74) is 18.6. The van der Waals surface area contributed by atoms with Crippen LogP contribution >= 0.6 is 0 Å². The topological polar surface area (TPSA) is 8.17 Å². The first kappa shape index (κ1) is 43.7. The van der Waals surface area contributed by atoms with Crippen molar-refractivity contribution in [3.8, 4) is 33.4 Å². The molecule has 0 bridgehead atoms. The standard InChI is InChI=1S/C66H64N2/c1-65(2,3)49-41-48(42-50(44-49)66(4,5)6)53-30-14-18-36-60(53)68(62-38-20-16-32-56(62)58-34-22-26-46-25-21-33-54(64(46)58)45-23-9-7-10-24-45)59-35-17-13-29-52(59)47-39-40-57-55-31-15-19-37-61(55)67(63(57)43-47)51-27-11-8-12-28-51/h11,13-22,25-45H,7-10,12,23-24H2,1-6H3. The normalized spacial score (nSPS) is 14.8. The Balaban J connectivity index is 1.19. The third kappa shape index (κ3) is 7.98. The Morgan fingerprint density at radius 2 is 1.04 bits per heavy atom. The number of hydrogen-bond donors (Lipinski definition) is 0. The quantitative estimate of drug-likeness (QED) is 0.148. The van der Waals surface area contributed by atoms with Crippen LogP contribution in [-0.4, -0.2) is 4.57 Å². The van der Waals surface area contributed by atoms with E-state index in [1.807, 2.05) is 0 Å². The lowest BCUT2D eigenvalue weighted by Gasteiger charge is -2.33. The van der Waals surface area contributed by atoms with Crippen molar-refractivity contribution < 1.29 is 0 Å². The van der Waals surface area contributed by atoms with E-state index in [9.17, 15) is 0 Å². The molecule has 2 aliphatic carbocycles. The highest BCUT2D eigenvalue weighted by Crippen LogP contribution is 2.51. The van der Waals surface area contributed by atoms with Crippen LogP contribution < -0.4 is 4.90 Å². The lowest BCUT2D eigenvalue weighted by molar-refractivity contribution is 0.445. The largest absolute Gasteiger partial charge is 0.310 e. The molecule has 0 amide bonds. The Bertz CT molecular complexity index is 3370. The smallest absolute Gasteiger partial charge is 0.0547 e. The van der Waals surface area contributed by atoms with Crippen molar-refractivity contribution in [1.82, 2.24) is 4.57 Å². The summed E-state index contributed by atoms with van der Waals surface area (Å²) in [5, 5.41) is 5.26. The molecule has 2 heteroatoms. The van der Waals surface area contributed by atoms with E-state index < -0.39 is 0 Å². The highest BCUT2D eigenvalue weighted by atomic mass is 15.1. The van der Waals surface area contributed by atoms with Crippen LogP contribution in [0.15, 0.2) is 188 Å². The molecule has 8 aromatic carbocycles. The third-order valence-electron chi connectivity index (χ3n) is 14.9. The number of hydrogen-bond acceptors (Lipinski definition) is 1. The number of anilines is 3. The molecule has 0 radical (unpaired) electrons. The number of benzene rings is 8. The number of allylic oxidation sites excluding steroid dienone is 4. The second-order valence-corrected chi connectivity index (χ2v) is 21.5. The molecule has 0 aliphatic heterocycles. The van der Waals surface area contributed by atoms with Gasteiger partial charge in [-0.3, -0.25) is 0 Å². The van der Waals surface area contributed by atoms with Crippen molar-refractivity contribution in [1.29, 1.82) is 0 Å². The summed E-state index contributed by atoms with van der Waals surface area (Å²) in [6, 6.07) is 64.8. The van der Waals surface area contributed by atoms with Gasteiger partial charge in [-0.05, 0) is 123 Å². The average Bonchev–Trinajstić information content (AvgIpc) is 3.70. The van der Waals surface area contributed by atoms with Gasteiger partial charge in [-0.25, -0.2) is 0 Å². The first-order chi connectivity index (χ1) is 33.0. The molecule has 0 atom stereocenters. The number of rotatable bonds is 8. The number of para-hydroxylation sites is 4. The lowest BCUT2D eigenvalue weighted by Crippen LogP contribution is -2.17. The fourth-order valence-corrected chi connectivity index (χ4v) is 11.3. The fourth-order valence-electron chi connectivity index (χ4n) is 11.3. The van der Waals surface area contributed by atoms with Crippen molar-refractivity contribution >= 4 is 55.3 Å². The molecule has 1 fully saturated rings. The van der Waals surface area contributed by atoms with E-state index in [-0.39, 0.29) is 10.8 Å². The van der Waals surface area contributed by atoms with E-state index >= 15 is 0 Å². The van der Waals surface area contributed by atoms with Crippen LogP contribution in [-0.2, 0) is 10.8 Å². The van der Waals surface area contributed by atoms with Gasteiger partial charge < -0.3 is 9.47 Å². The summed E-state index contributed by atoms with van der Waals surface area (Å²) in [5.74, 6) is 0.566. The minimum Gasteiger partial charge on any atom is -0.310 e. The molecular weight excluding hydrogens is 821 g/mol. The van der Waals surface area contributed by atoms with Crippen LogP contribution in [0.1, 0.15) is 109 Å². The van der Waals surface area contributed by atoms with Gasteiger partial charge in [-0.2, -0.15) is 0 Å². The molecule has 0 spiro atoms. The highest BCUT2D eigenvalue weighted by molar-refractivity contribution is 6.12. The predicted octanol–water partition coefficient (Wildman–Crippen LogP) is 19.3. The van der Waals surface area contributed by atoms with Crippen LogP contribution in [0, 0.1) is 0 Å². The first-order valence-corrected chi connectivity index (χ1v) is 25.2. The molecular formula is C66H64N2. The zero-order chi connectivity index (χ0) is 46.6. The Hall–Kier alpha value is -6.90. The molecule has 0 saturated heterocycles. The maximum Gasteiger partial charge on any atom is 0.0547 e. The van der Waals surface area contributed by atoms with Gasteiger partial charge in [0.15, 0.2) is 0 Å². The molecule has 68 heavy (non-hydrogen) atoms. The van der Waals surface area contributed by atoms with Gasteiger partial charge in [0, 0.05) is 33.2 Å². The molecule has 0 unspecified atom stereocenters. The van der Waals surface area contributed by atoms with Gasteiger partial charge in [-0.1, -0.05) is 212 Å². The Kier molecular flexibility index (Phi) is 11.3. The number of fused-ring (bicyclic) bond motifs is 4. The van der Waals surface area contributed by atoms with E-state index in [2.05, 4.69) is 239 Å². The van der Waals surface area contributed by atoms with Crippen LogP contribution in [0.4, 0.5) is 17.1 Å². The van der Waals surface area contributed by atoms with Crippen molar-refractivity contribution in [2.75, 3.05) is 4.90 Å². The maximum absolute atomic E-state index is 2.59. The zero-order valence-corrected chi connectivity index (χ0v) is 40.8. The summed E-state index contributed by atoms with van der Waals surface area (Å²) in [6.07, 6.45) is 15.6. The van der Waals surface area contributed by atoms with Crippen LogP contribution in [0.25, 0.3) is 71.7 Å². The third-order valence-corrected chi connectivity index (χ3v) is 14.9. The lowest BCUT2D eigenvalue weighted by atomic mass is 9.78. The Morgan fingerprint density at radius 1 is 0.471 bits per heavy atom. The van der Waals surface area contributed by atoms with Gasteiger partial charge in [-0.15, -0.1) is 0 Å². The SMILES string of the molecule is CC(C)(C)c1cc(-c2ccccc2N(c2ccccc2-c2ccc3c4ccccc4n(C4=CCCC=C4)c3c2)c2ccccc2-c2cccc3cccc(C4CCCCC4)c23)cc(C(C)(C)C)c1. The molecule has 1 heterocycles. The molecule has 2 nitrogen and oxygen atoms in total. The summed E-state index contributed by atoms with van der Waals surface area (Å²) < 4.78 is 2.48. The first-order valence-electron chi connectivity index (χ1n) is 25.2. The van der Waals surface area contributed by atoms with Crippen molar-refractivity contribution in [2.45, 2.75) is 103 Å². The summed E-state index contributed by atoms with van der Waals surface area (Å²) in [6.45, 7) is 14.0. The average molecular weight is 885 g/mol. The highest BCUT2D eigenvalue weighted by Gasteiger charge is 2.28. The van der Waals surface area contributed by atoms with Gasteiger partial charge >= 0.3 is 0 Å². The second-order valence-electron chi connectivity index (χ2n) is 21.5.